The van der Waals surface area contributed by atoms with Gasteiger partial charge in [0.05, 0.1) is 16.7 Å². The van der Waals surface area contributed by atoms with E-state index in [2.05, 4.69) is 0 Å². The molecule has 0 atom stereocenters. The molecule has 0 aliphatic heterocycles. The molecule has 8 heteroatoms. The Kier molecular flexibility index (Phi) is 4.74. The zero-order chi connectivity index (χ0) is 18.7. The van der Waals surface area contributed by atoms with Gasteiger partial charge in [-0.05, 0) is 24.3 Å². The van der Waals surface area contributed by atoms with Crippen molar-refractivity contribution in [3.05, 3.63) is 69.8 Å². The third-order valence-electron chi connectivity index (χ3n) is 3.41. The van der Waals surface area contributed by atoms with Gasteiger partial charge in [0, 0.05) is 16.7 Å². The van der Waals surface area contributed by atoms with Crippen LogP contribution in [0.1, 0.15) is 57.4 Å². The van der Waals surface area contributed by atoms with Crippen LogP contribution in [0.5, 0.6) is 0 Å². The van der Waals surface area contributed by atoms with E-state index >= 15 is 0 Å². The molecule has 0 unspecified atom stereocenters. The van der Waals surface area contributed by atoms with Crippen molar-refractivity contribution in [1.29, 1.82) is 0 Å². The number of aromatic carboxylic acids is 3. The molecule has 0 radical (unpaired) electrons. The van der Waals surface area contributed by atoms with Crippen LogP contribution in [0.2, 0.25) is 0 Å². The second kappa shape index (κ2) is 6.75. The largest absolute Gasteiger partial charge is 0.478 e. The monoisotopic (exact) mass is 342 g/mol. The lowest BCUT2D eigenvalue weighted by Crippen LogP contribution is -2.11. The van der Waals surface area contributed by atoms with E-state index in [4.69, 9.17) is 15.3 Å². The van der Waals surface area contributed by atoms with E-state index in [0.29, 0.717) is 0 Å². The molecule has 0 saturated carbocycles. The molecule has 0 aromatic heterocycles. The summed E-state index contributed by atoms with van der Waals surface area (Å²) in [4.78, 5) is 56.6. The summed E-state index contributed by atoms with van der Waals surface area (Å²) in [5, 5.41) is 27.0. The van der Waals surface area contributed by atoms with Gasteiger partial charge in [-0.3, -0.25) is 9.59 Å². The number of carboxylic acids is 3. The summed E-state index contributed by atoms with van der Waals surface area (Å²) < 4.78 is 0. The van der Waals surface area contributed by atoms with Gasteiger partial charge in [0.15, 0.2) is 12.1 Å². The first-order chi connectivity index (χ1) is 11.8. The van der Waals surface area contributed by atoms with Crippen molar-refractivity contribution < 1.29 is 39.3 Å². The van der Waals surface area contributed by atoms with Crippen molar-refractivity contribution in [3.8, 4) is 0 Å². The lowest BCUT2D eigenvalue weighted by atomic mass is 9.96. The number of hydrogen-bond donors (Lipinski definition) is 3. The molecule has 25 heavy (non-hydrogen) atoms. The van der Waals surface area contributed by atoms with E-state index in [1.165, 1.54) is 6.07 Å². The predicted octanol–water partition coefficient (Wildman–Crippen LogP) is 1.82. The van der Waals surface area contributed by atoms with E-state index in [1.807, 2.05) is 0 Å². The molecule has 0 saturated heterocycles. The maximum Gasteiger partial charge on any atom is 0.336 e. The average Bonchev–Trinajstić information content (AvgIpc) is 2.59. The molecule has 8 nitrogen and oxygen atoms in total. The molecule has 0 heterocycles. The van der Waals surface area contributed by atoms with Crippen molar-refractivity contribution in [1.82, 2.24) is 0 Å². The summed E-state index contributed by atoms with van der Waals surface area (Å²) in [7, 11) is 0. The normalized spacial score (nSPS) is 10.1. The van der Waals surface area contributed by atoms with E-state index in [-0.39, 0.29) is 28.5 Å². The maximum absolute atomic E-state index is 12.4. The molecule has 0 amide bonds. The fraction of sp³-hybridized carbons (Fsp3) is 0. The highest BCUT2D eigenvalue weighted by Gasteiger charge is 2.20. The fourth-order valence-electron chi connectivity index (χ4n) is 2.21. The Bertz CT molecular complexity index is 926. The smallest absolute Gasteiger partial charge is 0.336 e. The minimum Gasteiger partial charge on any atom is -0.478 e. The molecule has 126 valence electrons. The molecular formula is C17H10O8. The molecular weight excluding hydrogens is 332 g/mol. The lowest BCUT2D eigenvalue weighted by Gasteiger charge is -2.07. The topological polar surface area (TPSA) is 146 Å². The molecule has 2 aromatic carbocycles. The van der Waals surface area contributed by atoms with Crippen molar-refractivity contribution in [2.75, 3.05) is 0 Å². The van der Waals surface area contributed by atoms with Crippen LogP contribution >= 0.6 is 0 Å². The number of rotatable bonds is 6. The summed E-state index contributed by atoms with van der Waals surface area (Å²) in [5.74, 6) is -4.98. The van der Waals surface area contributed by atoms with Gasteiger partial charge in [0.25, 0.3) is 0 Å². The second-order valence-corrected chi connectivity index (χ2v) is 4.92. The van der Waals surface area contributed by atoms with Crippen LogP contribution in [0.3, 0.4) is 0 Å². The minimum absolute atomic E-state index is 0.0356. The molecule has 0 aliphatic carbocycles. The average molecular weight is 342 g/mol. The zero-order valence-electron chi connectivity index (χ0n) is 12.4. The Morgan fingerprint density at radius 2 is 1.16 bits per heavy atom. The van der Waals surface area contributed by atoms with Gasteiger partial charge >= 0.3 is 17.9 Å². The Balaban J connectivity index is 2.53. The highest BCUT2D eigenvalue weighted by Crippen LogP contribution is 2.18. The van der Waals surface area contributed by atoms with E-state index in [9.17, 15) is 24.0 Å². The third kappa shape index (κ3) is 3.42. The number of carbonyl (C=O) groups excluding carboxylic acids is 2. The quantitative estimate of drug-likeness (QED) is 0.532. The zero-order valence-corrected chi connectivity index (χ0v) is 12.4. The van der Waals surface area contributed by atoms with Gasteiger partial charge in [0.1, 0.15) is 0 Å². The van der Waals surface area contributed by atoms with Crippen LogP contribution in [0.15, 0.2) is 36.4 Å². The van der Waals surface area contributed by atoms with Gasteiger partial charge < -0.3 is 15.3 Å². The van der Waals surface area contributed by atoms with Crippen molar-refractivity contribution in [2.45, 2.75) is 0 Å². The minimum atomic E-state index is -1.51. The molecule has 3 N–H and O–H groups in total. The van der Waals surface area contributed by atoms with Gasteiger partial charge in [-0.15, -0.1) is 0 Å². The van der Waals surface area contributed by atoms with Gasteiger partial charge in [-0.1, -0.05) is 12.1 Å². The van der Waals surface area contributed by atoms with Crippen LogP contribution in [0.4, 0.5) is 0 Å². The fourth-order valence-corrected chi connectivity index (χ4v) is 2.21. The van der Waals surface area contributed by atoms with E-state index in [1.54, 1.807) is 0 Å². The summed E-state index contributed by atoms with van der Waals surface area (Å²) in [5.41, 5.74) is -1.67. The van der Waals surface area contributed by atoms with E-state index in [0.717, 1.165) is 30.3 Å². The van der Waals surface area contributed by atoms with Crippen molar-refractivity contribution in [2.24, 2.45) is 0 Å². The Labute approximate surface area is 140 Å². The van der Waals surface area contributed by atoms with Crippen LogP contribution in [-0.2, 0) is 0 Å². The van der Waals surface area contributed by atoms with Crippen molar-refractivity contribution >= 4 is 30.0 Å². The molecule has 0 spiro atoms. The Morgan fingerprint density at radius 3 is 1.64 bits per heavy atom. The molecule has 0 bridgehead atoms. The van der Waals surface area contributed by atoms with Gasteiger partial charge in [0.2, 0.25) is 0 Å². The number of carboxylic acid groups (broad SMARTS) is 3. The standard InChI is InChI=1S/C17H10O8/c18-7-10-5-8(1-3-11(10)15(20)21)14(19)9-2-4-12(16(22)23)13(6-9)17(24)25/h1-7H,(H,20,21)(H,22,23)(H,24,25). The summed E-state index contributed by atoms with van der Waals surface area (Å²) in [6.07, 6.45) is 0.288. The van der Waals surface area contributed by atoms with Crippen LogP contribution in [0.25, 0.3) is 0 Å². The Hall–Kier alpha value is -3.81. The lowest BCUT2D eigenvalue weighted by molar-refractivity contribution is 0.0651. The maximum atomic E-state index is 12.4. The molecule has 0 aliphatic rings. The third-order valence-corrected chi connectivity index (χ3v) is 3.41. The highest BCUT2D eigenvalue weighted by molar-refractivity contribution is 6.12. The predicted molar refractivity (Wildman–Crippen MR) is 82.6 cm³/mol. The van der Waals surface area contributed by atoms with Crippen LogP contribution < -0.4 is 0 Å². The van der Waals surface area contributed by atoms with Gasteiger partial charge in [-0.25, -0.2) is 14.4 Å². The van der Waals surface area contributed by atoms with Gasteiger partial charge in [-0.2, -0.15) is 0 Å². The first kappa shape index (κ1) is 17.5. The van der Waals surface area contributed by atoms with Crippen LogP contribution in [0, 0.1) is 0 Å². The summed E-state index contributed by atoms with van der Waals surface area (Å²) >= 11 is 0. The molecule has 2 aromatic rings. The van der Waals surface area contributed by atoms with Crippen LogP contribution in [-0.4, -0.2) is 45.3 Å². The summed E-state index contributed by atoms with van der Waals surface area (Å²) in [6, 6.07) is 6.40. The van der Waals surface area contributed by atoms with E-state index < -0.39 is 34.8 Å². The Morgan fingerprint density at radius 1 is 0.680 bits per heavy atom. The second-order valence-electron chi connectivity index (χ2n) is 4.92. The summed E-state index contributed by atoms with van der Waals surface area (Å²) in [6.45, 7) is 0. The number of hydrogen-bond acceptors (Lipinski definition) is 5. The molecule has 0 fully saturated rings. The number of carbonyl (C=O) groups is 5. The number of aldehydes is 1. The van der Waals surface area contributed by atoms with Crippen molar-refractivity contribution in [3.63, 3.8) is 0 Å². The number of benzene rings is 2. The first-order valence-electron chi connectivity index (χ1n) is 6.74. The first-order valence-corrected chi connectivity index (χ1v) is 6.74. The number of ketones is 1. The highest BCUT2D eigenvalue weighted by atomic mass is 16.4. The molecule has 2 rings (SSSR count). The SMILES string of the molecule is O=Cc1cc(C(=O)c2ccc(C(=O)O)c(C(=O)O)c2)ccc1C(=O)O.